The van der Waals surface area contributed by atoms with Crippen molar-refractivity contribution < 1.29 is 18.3 Å². The van der Waals surface area contributed by atoms with Gasteiger partial charge in [-0.3, -0.25) is 4.79 Å². The maximum Gasteiger partial charge on any atom is 0.303 e. The molecule has 1 N–H and O–H groups in total. The summed E-state index contributed by atoms with van der Waals surface area (Å²) in [6, 6.07) is 7.46. The van der Waals surface area contributed by atoms with Crippen LogP contribution in [-0.4, -0.2) is 25.2 Å². The minimum absolute atomic E-state index is 0.0681. The first-order valence-electron chi connectivity index (χ1n) is 6.37. The van der Waals surface area contributed by atoms with E-state index in [1.165, 1.54) is 0 Å². The summed E-state index contributed by atoms with van der Waals surface area (Å²) in [7, 11) is -3.11. The molecule has 0 atom stereocenters. The Balaban J connectivity index is 2.40. The van der Waals surface area contributed by atoms with Crippen LogP contribution in [0.4, 0.5) is 0 Å². The summed E-state index contributed by atoms with van der Waals surface area (Å²) in [5.41, 5.74) is 1.82. The van der Waals surface area contributed by atoms with E-state index in [0.29, 0.717) is 19.3 Å². The van der Waals surface area contributed by atoms with Crippen molar-refractivity contribution in [2.24, 2.45) is 0 Å². The van der Waals surface area contributed by atoms with Crippen molar-refractivity contribution in [1.82, 2.24) is 0 Å². The summed E-state index contributed by atoms with van der Waals surface area (Å²) in [6.07, 6.45) is 1.81. The molecule has 4 nitrogen and oxygen atoms in total. The molecule has 0 unspecified atom stereocenters. The average Bonchev–Trinajstić information content (AvgIpc) is 2.31. The Hall–Kier alpha value is -1.36. The van der Waals surface area contributed by atoms with Crippen LogP contribution in [0.25, 0.3) is 0 Å². The highest BCUT2D eigenvalue weighted by molar-refractivity contribution is 7.90. The van der Waals surface area contributed by atoms with E-state index in [0.717, 1.165) is 11.1 Å². The predicted molar refractivity (Wildman–Crippen MR) is 74.8 cm³/mol. The van der Waals surface area contributed by atoms with Gasteiger partial charge in [0, 0.05) is 6.42 Å². The number of aliphatic carboxylic acids is 1. The molecule has 1 aromatic rings. The average molecular weight is 284 g/mol. The van der Waals surface area contributed by atoms with Gasteiger partial charge in [-0.15, -0.1) is 0 Å². The lowest BCUT2D eigenvalue weighted by molar-refractivity contribution is -0.137. The van der Waals surface area contributed by atoms with Gasteiger partial charge < -0.3 is 5.11 Å². The summed E-state index contributed by atoms with van der Waals surface area (Å²) in [5, 5.41) is 8.48. The largest absolute Gasteiger partial charge is 0.481 e. The van der Waals surface area contributed by atoms with E-state index < -0.39 is 15.8 Å². The molecule has 0 spiro atoms. The van der Waals surface area contributed by atoms with Gasteiger partial charge in [0.2, 0.25) is 0 Å². The Morgan fingerprint density at radius 2 is 1.84 bits per heavy atom. The zero-order valence-corrected chi connectivity index (χ0v) is 11.9. The molecule has 0 aliphatic carbocycles. The second-order valence-corrected chi connectivity index (χ2v) is 6.91. The molecule has 106 valence electrons. The van der Waals surface area contributed by atoms with Gasteiger partial charge in [0.25, 0.3) is 0 Å². The van der Waals surface area contributed by atoms with Gasteiger partial charge in [-0.1, -0.05) is 30.7 Å². The third-order valence-electron chi connectivity index (χ3n) is 2.98. The van der Waals surface area contributed by atoms with E-state index >= 15 is 0 Å². The van der Waals surface area contributed by atoms with Crippen LogP contribution < -0.4 is 0 Å². The highest BCUT2D eigenvalue weighted by Crippen LogP contribution is 2.13. The monoisotopic (exact) mass is 284 g/mol. The maximum atomic E-state index is 11.9. The fraction of sp³-hybridized carbons (Fsp3) is 0.500. The quantitative estimate of drug-likeness (QED) is 0.745. The third kappa shape index (κ3) is 6.38. The summed E-state index contributed by atoms with van der Waals surface area (Å²) < 4.78 is 23.9. The second kappa shape index (κ2) is 7.28. The first-order valence-corrected chi connectivity index (χ1v) is 8.19. The Kier molecular flexibility index (Phi) is 6.02. The second-order valence-electron chi connectivity index (χ2n) is 4.72. The van der Waals surface area contributed by atoms with Gasteiger partial charge in [-0.2, -0.15) is 0 Å². The lowest BCUT2D eigenvalue weighted by atomic mass is 10.1. The van der Waals surface area contributed by atoms with E-state index in [1.807, 2.05) is 31.2 Å². The van der Waals surface area contributed by atoms with E-state index in [-0.39, 0.29) is 17.9 Å². The van der Waals surface area contributed by atoms with Gasteiger partial charge in [-0.25, -0.2) is 8.42 Å². The summed E-state index contributed by atoms with van der Waals surface area (Å²) >= 11 is 0. The molecule has 1 rings (SSSR count). The van der Waals surface area contributed by atoms with Crippen molar-refractivity contribution in [1.29, 1.82) is 0 Å². The third-order valence-corrected chi connectivity index (χ3v) is 4.64. The summed E-state index contributed by atoms with van der Waals surface area (Å²) in [5.74, 6) is -0.637. The van der Waals surface area contributed by atoms with Crippen LogP contribution in [0.5, 0.6) is 0 Å². The highest BCUT2D eigenvalue weighted by atomic mass is 32.2. The molecular weight excluding hydrogens is 264 g/mol. The van der Waals surface area contributed by atoms with Crippen molar-refractivity contribution in [2.75, 3.05) is 5.75 Å². The first-order chi connectivity index (χ1) is 8.91. The Morgan fingerprint density at radius 3 is 2.47 bits per heavy atom. The number of carbonyl (C=O) groups is 1. The lowest BCUT2D eigenvalue weighted by Crippen LogP contribution is -2.10. The number of aryl methyl sites for hydroxylation is 1. The van der Waals surface area contributed by atoms with Crippen molar-refractivity contribution in [2.45, 2.75) is 38.4 Å². The molecular formula is C14H20O4S. The number of rotatable bonds is 8. The van der Waals surface area contributed by atoms with Gasteiger partial charge in [-0.05, 0) is 30.9 Å². The minimum atomic E-state index is -3.11. The molecule has 5 heteroatoms. The number of benzene rings is 1. The molecule has 1 aromatic carbocycles. The molecule has 0 saturated heterocycles. The molecule has 0 bridgehead atoms. The van der Waals surface area contributed by atoms with Crippen molar-refractivity contribution in [3.8, 4) is 0 Å². The minimum Gasteiger partial charge on any atom is -0.481 e. The highest BCUT2D eigenvalue weighted by Gasteiger charge is 2.13. The fourth-order valence-corrected chi connectivity index (χ4v) is 3.44. The van der Waals surface area contributed by atoms with Crippen molar-refractivity contribution in [3.63, 3.8) is 0 Å². The number of carboxylic acids is 1. The number of unbranched alkanes of at least 4 members (excludes halogenated alkanes) is 2. The van der Waals surface area contributed by atoms with Crippen LogP contribution in [-0.2, 0) is 20.4 Å². The molecule has 0 saturated carbocycles. The lowest BCUT2D eigenvalue weighted by Gasteiger charge is -2.07. The topological polar surface area (TPSA) is 71.4 Å². The number of carboxylic acid groups (broad SMARTS) is 1. The normalized spacial score (nSPS) is 11.4. The van der Waals surface area contributed by atoms with Gasteiger partial charge >= 0.3 is 5.97 Å². The standard InChI is InChI=1S/C14H20O4S/c1-12-7-4-5-8-13(12)11-19(17,18)10-6-2-3-9-14(15)16/h4-5,7-8H,2-3,6,9-11H2,1H3,(H,15,16). The molecule has 0 aliphatic rings. The predicted octanol–water partition coefficient (Wildman–Crippen LogP) is 2.55. The molecule has 0 amide bonds. The van der Waals surface area contributed by atoms with Crippen LogP contribution in [0.1, 0.15) is 36.8 Å². The van der Waals surface area contributed by atoms with E-state index in [2.05, 4.69) is 0 Å². The number of hydrogen-bond acceptors (Lipinski definition) is 3. The summed E-state index contributed by atoms with van der Waals surface area (Å²) in [4.78, 5) is 10.3. The Bertz CT molecular complexity index is 520. The zero-order chi connectivity index (χ0) is 14.3. The van der Waals surface area contributed by atoms with Gasteiger partial charge in [0.1, 0.15) is 0 Å². The van der Waals surface area contributed by atoms with Crippen LogP contribution in [0.3, 0.4) is 0 Å². The molecule has 0 radical (unpaired) electrons. The zero-order valence-electron chi connectivity index (χ0n) is 11.1. The molecule has 0 aromatic heterocycles. The number of sulfone groups is 1. The maximum absolute atomic E-state index is 11.9. The summed E-state index contributed by atoms with van der Waals surface area (Å²) in [6.45, 7) is 1.90. The molecule has 0 aliphatic heterocycles. The van der Waals surface area contributed by atoms with Crippen molar-refractivity contribution in [3.05, 3.63) is 35.4 Å². The molecule has 19 heavy (non-hydrogen) atoms. The van der Waals surface area contributed by atoms with Crippen LogP contribution in [0.2, 0.25) is 0 Å². The van der Waals surface area contributed by atoms with Gasteiger partial charge in [0.05, 0.1) is 11.5 Å². The fourth-order valence-electron chi connectivity index (χ4n) is 1.86. The number of hydrogen-bond donors (Lipinski definition) is 1. The van der Waals surface area contributed by atoms with Crippen molar-refractivity contribution >= 4 is 15.8 Å². The molecule has 0 heterocycles. The SMILES string of the molecule is Cc1ccccc1CS(=O)(=O)CCCCCC(=O)O. The van der Waals surface area contributed by atoms with Crippen LogP contribution in [0, 0.1) is 6.92 Å². The van der Waals surface area contributed by atoms with E-state index in [1.54, 1.807) is 0 Å². The van der Waals surface area contributed by atoms with Gasteiger partial charge in [0.15, 0.2) is 9.84 Å². The Labute approximate surface area is 114 Å². The van der Waals surface area contributed by atoms with E-state index in [9.17, 15) is 13.2 Å². The van der Waals surface area contributed by atoms with Crippen LogP contribution >= 0.6 is 0 Å². The molecule has 0 fully saturated rings. The Morgan fingerprint density at radius 1 is 1.16 bits per heavy atom. The van der Waals surface area contributed by atoms with E-state index in [4.69, 9.17) is 5.11 Å². The first kappa shape index (κ1) is 15.7. The smallest absolute Gasteiger partial charge is 0.303 e. The van der Waals surface area contributed by atoms with Crippen LogP contribution in [0.15, 0.2) is 24.3 Å².